The van der Waals surface area contributed by atoms with Gasteiger partial charge in [-0.2, -0.15) is 0 Å². The van der Waals surface area contributed by atoms with Crippen LogP contribution in [0.2, 0.25) is 0 Å². The molecule has 2 aromatic rings. The number of halogens is 1. The lowest BCUT2D eigenvalue weighted by Gasteiger charge is -2.28. The molecule has 0 bridgehead atoms. The maximum Gasteiger partial charge on any atom is 0.325 e. The Morgan fingerprint density at radius 3 is 2.33 bits per heavy atom. The van der Waals surface area contributed by atoms with E-state index in [2.05, 4.69) is 5.32 Å². The summed E-state index contributed by atoms with van der Waals surface area (Å²) >= 11 is 0. The molecule has 0 saturated carbocycles. The number of benzene rings is 2. The highest BCUT2D eigenvalue weighted by Crippen LogP contribution is 2.34. The largest absolute Gasteiger partial charge is 0.325 e. The number of nitrogens with one attached hydrogen (secondary N) is 1. The van der Waals surface area contributed by atoms with Gasteiger partial charge in [-0.25, -0.2) is 9.18 Å². The number of rotatable bonds is 8. The van der Waals surface area contributed by atoms with E-state index in [1.165, 1.54) is 29.2 Å². The van der Waals surface area contributed by atoms with Gasteiger partial charge in [-0.05, 0) is 43.2 Å². The number of nitrogens with zero attached hydrogens (tertiary/aromatic N) is 2. The Morgan fingerprint density at radius 1 is 1.07 bits per heavy atom. The zero-order valence-corrected chi connectivity index (χ0v) is 17.2. The summed E-state index contributed by atoms with van der Waals surface area (Å²) < 4.78 is 13.2. The zero-order chi connectivity index (χ0) is 21.7. The highest BCUT2D eigenvalue weighted by atomic mass is 19.1. The normalized spacial score (nSPS) is 18.4. The fraction of sp³-hybridized carbons (Fsp3) is 0.348. The van der Waals surface area contributed by atoms with E-state index >= 15 is 0 Å². The third-order valence-corrected chi connectivity index (χ3v) is 5.40. The third-order valence-electron chi connectivity index (χ3n) is 5.40. The Hall–Kier alpha value is -3.22. The molecule has 1 heterocycles. The van der Waals surface area contributed by atoms with E-state index in [0.29, 0.717) is 24.2 Å². The van der Waals surface area contributed by atoms with E-state index < -0.39 is 29.2 Å². The number of amides is 4. The maximum absolute atomic E-state index is 13.4. The molecule has 1 fully saturated rings. The van der Waals surface area contributed by atoms with Crippen LogP contribution in [0.5, 0.6) is 0 Å². The number of hydrogen-bond acceptors (Lipinski definition) is 3. The fourth-order valence-electron chi connectivity index (χ4n) is 3.79. The van der Waals surface area contributed by atoms with Gasteiger partial charge in [0.1, 0.15) is 17.9 Å². The Balaban J connectivity index is 1.85. The van der Waals surface area contributed by atoms with Gasteiger partial charge in [-0.1, -0.05) is 50.1 Å². The minimum absolute atomic E-state index is 0.327. The molecule has 1 saturated heterocycles. The number of carbonyl (C=O) groups excluding carboxylic acids is 3. The highest BCUT2D eigenvalue weighted by molar-refractivity contribution is 6.10. The van der Waals surface area contributed by atoms with Crippen LogP contribution >= 0.6 is 0 Å². The van der Waals surface area contributed by atoms with Crippen molar-refractivity contribution in [1.82, 2.24) is 10.2 Å². The summed E-state index contributed by atoms with van der Waals surface area (Å²) in [5, 5.41) is 2.85. The van der Waals surface area contributed by atoms with E-state index in [4.69, 9.17) is 0 Å². The van der Waals surface area contributed by atoms with Crippen LogP contribution in [0.15, 0.2) is 54.6 Å². The predicted octanol–water partition coefficient (Wildman–Crippen LogP) is 3.82. The van der Waals surface area contributed by atoms with Gasteiger partial charge >= 0.3 is 6.03 Å². The van der Waals surface area contributed by atoms with Gasteiger partial charge in [0.05, 0.1) is 0 Å². The molecule has 0 aliphatic carbocycles. The van der Waals surface area contributed by atoms with Crippen LogP contribution in [0, 0.1) is 5.82 Å². The van der Waals surface area contributed by atoms with Crippen LogP contribution in [0.25, 0.3) is 0 Å². The lowest BCUT2D eigenvalue weighted by Crippen LogP contribution is -2.46. The van der Waals surface area contributed by atoms with E-state index in [0.717, 1.165) is 17.7 Å². The minimum atomic E-state index is -1.17. The summed E-state index contributed by atoms with van der Waals surface area (Å²) in [6.45, 7) is 3.75. The molecular formula is C23H26FN3O3. The second-order valence-corrected chi connectivity index (χ2v) is 7.31. The van der Waals surface area contributed by atoms with Crippen LogP contribution < -0.4 is 10.2 Å². The van der Waals surface area contributed by atoms with Crippen LogP contribution in [-0.4, -0.2) is 35.8 Å². The van der Waals surface area contributed by atoms with Gasteiger partial charge in [0.2, 0.25) is 5.91 Å². The first kappa shape index (κ1) is 21.5. The quantitative estimate of drug-likeness (QED) is 0.672. The molecule has 1 unspecified atom stereocenters. The second kappa shape index (κ2) is 9.07. The van der Waals surface area contributed by atoms with Crippen molar-refractivity contribution in [2.45, 2.75) is 38.6 Å². The molecule has 4 amide bonds. The Kier molecular flexibility index (Phi) is 6.50. The topological polar surface area (TPSA) is 69.7 Å². The molecule has 1 aliphatic rings. The van der Waals surface area contributed by atoms with Crippen molar-refractivity contribution in [1.29, 1.82) is 0 Å². The second-order valence-electron chi connectivity index (χ2n) is 7.31. The molecule has 3 rings (SSSR count). The summed E-state index contributed by atoms with van der Waals surface area (Å²) in [6, 6.07) is 14.1. The van der Waals surface area contributed by atoms with E-state index in [9.17, 15) is 18.8 Å². The van der Waals surface area contributed by atoms with Gasteiger partial charge in [-0.3, -0.25) is 14.5 Å². The maximum atomic E-state index is 13.4. The summed E-state index contributed by atoms with van der Waals surface area (Å²) in [4.78, 5) is 41.5. The number of unbranched alkanes of at least 4 members (excludes halogenated alkanes) is 1. The molecule has 0 aromatic heterocycles. The SMILES string of the molecule is CCCCC1(c2ccccc2)NC(=O)N(CC(=O)N(CC)c2ccc(F)cc2)C1=O. The lowest BCUT2D eigenvalue weighted by molar-refractivity contribution is -0.134. The van der Waals surface area contributed by atoms with Crippen molar-refractivity contribution in [3.05, 3.63) is 66.0 Å². The Bertz CT molecular complexity index is 917. The molecule has 0 radical (unpaired) electrons. The Labute approximate surface area is 175 Å². The standard InChI is InChI=1S/C23H26FN3O3/c1-3-5-15-23(17-9-7-6-8-10-17)21(29)27(22(30)25-23)16-20(28)26(4-2)19-13-11-18(24)12-14-19/h6-14H,3-5,15-16H2,1-2H3,(H,25,30). The van der Waals surface area contributed by atoms with E-state index in [1.54, 1.807) is 6.92 Å². The first-order valence-electron chi connectivity index (χ1n) is 10.2. The van der Waals surface area contributed by atoms with Crippen LogP contribution in [0.1, 0.15) is 38.7 Å². The van der Waals surface area contributed by atoms with E-state index in [-0.39, 0.29) is 6.54 Å². The molecule has 0 spiro atoms. The summed E-state index contributed by atoms with van der Waals surface area (Å²) in [5.74, 6) is -1.23. The molecular weight excluding hydrogens is 385 g/mol. The van der Waals surface area contributed by atoms with Crippen molar-refractivity contribution in [3.63, 3.8) is 0 Å². The van der Waals surface area contributed by atoms with Crippen LogP contribution in [-0.2, 0) is 15.1 Å². The van der Waals surface area contributed by atoms with Crippen LogP contribution in [0.4, 0.5) is 14.9 Å². The van der Waals surface area contributed by atoms with Gasteiger partial charge in [0, 0.05) is 12.2 Å². The highest BCUT2D eigenvalue weighted by Gasteiger charge is 2.52. The Morgan fingerprint density at radius 2 is 1.73 bits per heavy atom. The van der Waals surface area contributed by atoms with Crippen molar-refractivity contribution < 1.29 is 18.8 Å². The number of urea groups is 1. The molecule has 30 heavy (non-hydrogen) atoms. The monoisotopic (exact) mass is 411 g/mol. The molecule has 1 aliphatic heterocycles. The van der Waals surface area contributed by atoms with Crippen LogP contribution in [0.3, 0.4) is 0 Å². The fourth-order valence-corrected chi connectivity index (χ4v) is 3.79. The predicted molar refractivity (Wildman–Crippen MR) is 112 cm³/mol. The molecule has 1 N–H and O–H groups in total. The average molecular weight is 411 g/mol. The first-order valence-corrected chi connectivity index (χ1v) is 10.2. The molecule has 2 aromatic carbocycles. The van der Waals surface area contributed by atoms with Gasteiger partial charge in [0.25, 0.3) is 5.91 Å². The zero-order valence-electron chi connectivity index (χ0n) is 17.2. The summed E-state index contributed by atoms with van der Waals surface area (Å²) in [6.07, 6.45) is 2.07. The molecule has 158 valence electrons. The summed E-state index contributed by atoms with van der Waals surface area (Å²) in [5.41, 5.74) is 0.0514. The van der Waals surface area contributed by atoms with Crippen molar-refractivity contribution in [2.24, 2.45) is 0 Å². The van der Waals surface area contributed by atoms with Crippen molar-refractivity contribution >= 4 is 23.5 Å². The van der Waals surface area contributed by atoms with Gasteiger partial charge in [0.15, 0.2) is 0 Å². The number of carbonyl (C=O) groups is 3. The third kappa shape index (κ3) is 4.06. The smallest absolute Gasteiger partial charge is 0.319 e. The van der Waals surface area contributed by atoms with Gasteiger partial charge in [-0.15, -0.1) is 0 Å². The molecule has 7 heteroatoms. The van der Waals surface area contributed by atoms with Crippen molar-refractivity contribution in [3.8, 4) is 0 Å². The van der Waals surface area contributed by atoms with Crippen molar-refractivity contribution in [2.75, 3.05) is 18.0 Å². The van der Waals surface area contributed by atoms with E-state index in [1.807, 2.05) is 37.3 Å². The summed E-state index contributed by atoms with van der Waals surface area (Å²) in [7, 11) is 0. The number of imide groups is 1. The number of hydrogen-bond donors (Lipinski definition) is 1. The first-order chi connectivity index (χ1) is 14.4. The molecule has 6 nitrogen and oxygen atoms in total. The lowest BCUT2D eigenvalue weighted by atomic mass is 9.85. The number of likely N-dealkylation sites (N-methyl/N-ethyl adjacent to an activating group) is 1. The average Bonchev–Trinajstić information content (AvgIpc) is 3.00. The minimum Gasteiger partial charge on any atom is -0.319 e. The number of anilines is 1. The molecule has 1 atom stereocenters. The van der Waals surface area contributed by atoms with Gasteiger partial charge < -0.3 is 10.2 Å².